The normalized spacial score (nSPS) is 12.4. The van der Waals surface area contributed by atoms with Crippen LogP contribution in [-0.2, 0) is 0 Å². The van der Waals surface area contributed by atoms with Crippen LogP contribution in [0.3, 0.4) is 0 Å². The largest absolute Gasteiger partial charge is 0.454 e. The number of hydrogen-bond donors (Lipinski definition) is 0. The highest BCUT2D eigenvalue weighted by atomic mass is 16.5. The molecule has 3 aromatic carbocycles. The van der Waals surface area contributed by atoms with Crippen molar-refractivity contribution in [2.24, 2.45) is 0 Å². The van der Waals surface area contributed by atoms with Crippen molar-refractivity contribution in [2.75, 3.05) is 4.90 Å². The maximum Gasteiger partial charge on any atom is 0.219 e. The summed E-state index contributed by atoms with van der Waals surface area (Å²) < 4.78 is 12.1. The molecule has 0 bridgehead atoms. The predicted molar refractivity (Wildman–Crippen MR) is 139 cm³/mol. The molecule has 0 saturated heterocycles. The molecule has 7 rings (SSSR count). The Hall–Kier alpha value is -4.90. The summed E-state index contributed by atoms with van der Waals surface area (Å²) in [5, 5.41) is 0.982. The number of rotatable bonds is 3. The smallest absolute Gasteiger partial charge is 0.219 e. The molecule has 1 aliphatic heterocycles. The molecule has 0 radical (unpaired) electrons. The summed E-state index contributed by atoms with van der Waals surface area (Å²) in [7, 11) is 0. The Bertz CT molecular complexity index is 1740. The van der Waals surface area contributed by atoms with Gasteiger partial charge in [-0.05, 0) is 65.7 Å². The van der Waals surface area contributed by atoms with Gasteiger partial charge in [0, 0.05) is 35.6 Å². The van der Waals surface area contributed by atoms with Gasteiger partial charge in [-0.1, -0.05) is 36.4 Å². The maximum absolute atomic E-state index is 6.09. The van der Waals surface area contributed by atoms with Crippen molar-refractivity contribution < 1.29 is 9.15 Å². The number of fused-ring (bicyclic) bond motifs is 5. The molecule has 1 aliphatic rings. The predicted octanol–water partition coefficient (Wildman–Crippen LogP) is 8.12. The Balaban J connectivity index is 1.43. The lowest BCUT2D eigenvalue weighted by atomic mass is 10.1. The highest BCUT2D eigenvalue weighted by molar-refractivity contribution is 6.05. The molecule has 6 aromatic rings. The van der Waals surface area contributed by atoms with Crippen LogP contribution in [0.15, 0.2) is 108 Å². The molecule has 35 heavy (non-hydrogen) atoms. The van der Waals surface area contributed by atoms with Gasteiger partial charge in [0.05, 0.1) is 11.4 Å². The molecule has 0 atom stereocenters. The van der Waals surface area contributed by atoms with Crippen LogP contribution in [0, 0.1) is 0 Å². The van der Waals surface area contributed by atoms with Crippen LogP contribution < -0.4 is 9.64 Å². The fourth-order valence-electron chi connectivity index (χ4n) is 4.59. The minimum absolute atomic E-state index is 0.556. The number of furan rings is 1. The zero-order valence-electron chi connectivity index (χ0n) is 18.6. The summed E-state index contributed by atoms with van der Waals surface area (Å²) in [5.41, 5.74) is 7.78. The zero-order valence-corrected chi connectivity index (χ0v) is 18.6. The van der Waals surface area contributed by atoms with Crippen molar-refractivity contribution in [2.45, 2.75) is 0 Å². The lowest BCUT2D eigenvalue weighted by Crippen LogP contribution is -2.11. The van der Waals surface area contributed by atoms with E-state index in [1.54, 1.807) is 12.4 Å². The minimum Gasteiger partial charge on any atom is -0.454 e. The van der Waals surface area contributed by atoms with Crippen LogP contribution >= 0.6 is 0 Å². The SMILES string of the molecule is C1=Cc2ccc(Oc3ccccn3)cc2N(c2ccc3oc4cccnc4c3c2)c2ccccc21. The van der Waals surface area contributed by atoms with Crippen molar-refractivity contribution in [3.63, 3.8) is 0 Å². The van der Waals surface area contributed by atoms with Crippen LogP contribution in [0.2, 0.25) is 0 Å². The standard InChI is InChI=1S/C30H19N3O2/c1-2-7-25-20(6-1)10-11-21-12-14-23(34-29-9-3-4-16-31-29)19-26(21)33(25)22-13-15-27-24(18-22)30-28(35-27)8-5-17-32-30/h1-19H. The number of pyridine rings is 2. The second-order valence-corrected chi connectivity index (χ2v) is 8.35. The van der Waals surface area contributed by atoms with E-state index in [1.807, 2.05) is 42.5 Å². The Labute approximate surface area is 201 Å². The molecule has 0 amide bonds. The van der Waals surface area contributed by atoms with Crippen LogP contribution in [-0.4, -0.2) is 9.97 Å². The van der Waals surface area contributed by atoms with Gasteiger partial charge in [0.2, 0.25) is 5.88 Å². The highest BCUT2D eigenvalue weighted by Gasteiger charge is 2.22. The summed E-state index contributed by atoms with van der Waals surface area (Å²) in [6.45, 7) is 0. The third kappa shape index (κ3) is 3.33. The fourth-order valence-corrected chi connectivity index (χ4v) is 4.59. The molecule has 0 fully saturated rings. The topological polar surface area (TPSA) is 51.4 Å². The summed E-state index contributed by atoms with van der Waals surface area (Å²) in [6.07, 6.45) is 7.82. The van der Waals surface area contributed by atoms with E-state index in [4.69, 9.17) is 9.15 Å². The average Bonchev–Trinajstić information content (AvgIpc) is 3.19. The van der Waals surface area contributed by atoms with Gasteiger partial charge in [-0.2, -0.15) is 0 Å². The summed E-state index contributed by atoms with van der Waals surface area (Å²) in [5.74, 6) is 1.28. The van der Waals surface area contributed by atoms with Gasteiger partial charge < -0.3 is 14.1 Å². The minimum atomic E-state index is 0.556. The third-order valence-corrected chi connectivity index (χ3v) is 6.19. The van der Waals surface area contributed by atoms with Gasteiger partial charge in [-0.3, -0.25) is 4.98 Å². The van der Waals surface area contributed by atoms with Gasteiger partial charge in [0.25, 0.3) is 0 Å². The Morgan fingerprint density at radius 3 is 2.43 bits per heavy atom. The van der Waals surface area contributed by atoms with Crippen molar-refractivity contribution in [1.82, 2.24) is 9.97 Å². The highest BCUT2D eigenvalue weighted by Crippen LogP contribution is 2.44. The number of nitrogens with zero attached hydrogens (tertiary/aromatic N) is 3. The van der Waals surface area contributed by atoms with E-state index in [9.17, 15) is 0 Å². The Morgan fingerprint density at radius 2 is 1.51 bits per heavy atom. The molecule has 0 unspecified atom stereocenters. The van der Waals surface area contributed by atoms with Gasteiger partial charge in [-0.25, -0.2) is 4.98 Å². The van der Waals surface area contributed by atoms with Crippen molar-refractivity contribution in [3.8, 4) is 11.6 Å². The second kappa shape index (κ2) is 7.85. The molecule has 5 nitrogen and oxygen atoms in total. The van der Waals surface area contributed by atoms with Gasteiger partial charge >= 0.3 is 0 Å². The molecular formula is C30H19N3O2. The molecule has 0 saturated carbocycles. The molecule has 166 valence electrons. The van der Waals surface area contributed by atoms with Crippen molar-refractivity contribution >= 4 is 51.3 Å². The fraction of sp³-hybridized carbons (Fsp3) is 0. The van der Waals surface area contributed by atoms with Crippen LogP contribution in [0.4, 0.5) is 17.1 Å². The Kier molecular flexibility index (Phi) is 4.39. The Morgan fingerprint density at radius 1 is 0.657 bits per heavy atom. The summed E-state index contributed by atoms with van der Waals surface area (Å²) in [4.78, 5) is 11.1. The quantitative estimate of drug-likeness (QED) is 0.270. The maximum atomic E-state index is 6.09. The van der Waals surface area contributed by atoms with E-state index in [2.05, 4.69) is 75.6 Å². The van der Waals surface area contributed by atoms with Crippen molar-refractivity contribution in [1.29, 1.82) is 0 Å². The molecule has 3 aromatic heterocycles. The van der Waals surface area contributed by atoms with E-state index < -0.39 is 0 Å². The molecule has 0 N–H and O–H groups in total. The molecule has 0 aliphatic carbocycles. The second-order valence-electron chi connectivity index (χ2n) is 8.35. The van der Waals surface area contributed by atoms with E-state index >= 15 is 0 Å². The summed E-state index contributed by atoms with van der Waals surface area (Å²) in [6, 6.07) is 30.2. The first-order chi connectivity index (χ1) is 17.3. The third-order valence-electron chi connectivity index (χ3n) is 6.19. The average molecular weight is 454 g/mol. The first-order valence-corrected chi connectivity index (χ1v) is 11.4. The number of anilines is 3. The number of para-hydroxylation sites is 1. The van der Waals surface area contributed by atoms with Gasteiger partial charge in [0.1, 0.15) is 16.8 Å². The van der Waals surface area contributed by atoms with E-state index in [-0.39, 0.29) is 0 Å². The van der Waals surface area contributed by atoms with Crippen LogP contribution in [0.25, 0.3) is 34.2 Å². The zero-order chi connectivity index (χ0) is 23.2. The van der Waals surface area contributed by atoms with E-state index in [0.717, 1.165) is 56.0 Å². The van der Waals surface area contributed by atoms with Gasteiger partial charge in [-0.15, -0.1) is 0 Å². The van der Waals surface area contributed by atoms with E-state index in [1.165, 1.54) is 0 Å². The lowest BCUT2D eigenvalue weighted by Gasteiger charge is -2.27. The first kappa shape index (κ1) is 19.6. The lowest BCUT2D eigenvalue weighted by molar-refractivity contribution is 0.463. The van der Waals surface area contributed by atoms with E-state index in [0.29, 0.717) is 5.88 Å². The van der Waals surface area contributed by atoms with Crippen LogP contribution in [0.1, 0.15) is 11.1 Å². The number of ether oxygens (including phenoxy) is 1. The number of benzene rings is 3. The number of hydrogen-bond acceptors (Lipinski definition) is 5. The van der Waals surface area contributed by atoms with Crippen LogP contribution in [0.5, 0.6) is 11.6 Å². The molecule has 5 heteroatoms. The number of aromatic nitrogens is 2. The first-order valence-electron chi connectivity index (χ1n) is 11.4. The monoisotopic (exact) mass is 453 g/mol. The summed E-state index contributed by atoms with van der Waals surface area (Å²) >= 11 is 0. The molecule has 0 spiro atoms. The molecular weight excluding hydrogens is 434 g/mol. The molecule has 4 heterocycles. The van der Waals surface area contributed by atoms with Crippen molar-refractivity contribution in [3.05, 3.63) is 115 Å². The van der Waals surface area contributed by atoms with Gasteiger partial charge in [0.15, 0.2) is 5.58 Å².